The van der Waals surface area contributed by atoms with Crippen molar-refractivity contribution in [1.29, 1.82) is 0 Å². The van der Waals surface area contributed by atoms with E-state index in [1.807, 2.05) is 0 Å². The number of rotatable bonds is 2. The van der Waals surface area contributed by atoms with Crippen LogP contribution in [0, 0.1) is 5.92 Å². The maximum atomic E-state index is 10.9. The van der Waals surface area contributed by atoms with Crippen LogP contribution < -0.4 is 0 Å². The smallest absolute Gasteiger partial charge is 0.128 e. The number of carbonyl (C=O) groups is 1. The standard InChI is InChI=1S/C11H17NO/c1-9-4-5-10(8-13)11(9)12-6-2-3-7-12/h8,10H,2-7H2,1H3/t10-/m1/s1. The average Bonchev–Trinajstić information content (AvgIpc) is 2.72. The maximum Gasteiger partial charge on any atom is 0.128 e. The first-order chi connectivity index (χ1) is 6.33. The van der Waals surface area contributed by atoms with Crippen LogP contribution in [0.5, 0.6) is 0 Å². The lowest BCUT2D eigenvalue weighted by atomic mass is 10.1. The van der Waals surface area contributed by atoms with Gasteiger partial charge in [0.25, 0.3) is 0 Å². The molecule has 0 saturated carbocycles. The molecule has 0 amide bonds. The normalized spacial score (nSPS) is 28.7. The SMILES string of the molecule is CC1=C(N2CCCC2)[C@@H](C=O)CC1. The van der Waals surface area contributed by atoms with Crippen LogP contribution in [0.1, 0.15) is 32.6 Å². The lowest BCUT2D eigenvalue weighted by molar-refractivity contribution is -0.110. The Bertz CT molecular complexity index is 238. The summed E-state index contributed by atoms with van der Waals surface area (Å²) in [7, 11) is 0. The Morgan fingerprint density at radius 2 is 2.08 bits per heavy atom. The van der Waals surface area contributed by atoms with Gasteiger partial charge in [-0.3, -0.25) is 0 Å². The Balaban J connectivity index is 2.17. The summed E-state index contributed by atoms with van der Waals surface area (Å²) < 4.78 is 0. The fourth-order valence-electron chi connectivity index (χ4n) is 2.55. The van der Waals surface area contributed by atoms with Gasteiger partial charge in [-0.15, -0.1) is 0 Å². The Morgan fingerprint density at radius 3 is 2.69 bits per heavy atom. The van der Waals surface area contributed by atoms with E-state index in [4.69, 9.17) is 0 Å². The van der Waals surface area contributed by atoms with Crippen LogP contribution in [-0.2, 0) is 4.79 Å². The minimum atomic E-state index is 0.207. The van der Waals surface area contributed by atoms with Gasteiger partial charge in [-0.1, -0.05) is 5.57 Å². The Labute approximate surface area is 79.6 Å². The maximum absolute atomic E-state index is 10.9. The van der Waals surface area contributed by atoms with Gasteiger partial charge < -0.3 is 9.69 Å². The van der Waals surface area contributed by atoms with E-state index in [1.54, 1.807) is 0 Å². The lowest BCUT2D eigenvalue weighted by Gasteiger charge is -2.23. The molecule has 0 aromatic heterocycles. The lowest BCUT2D eigenvalue weighted by Crippen LogP contribution is -2.23. The molecule has 1 saturated heterocycles. The van der Waals surface area contributed by atoms with Crippen molar-refractivity contribution in [1.82, 2.24) is 4.90 Å². The molecule has 0 aromatic carbocycles. The topological polar surface area (TPSA) is 20.3 Å². The second kappa shape index (κ2) is 3.52. The second-order valence-corrected chi connectivity index (χ2v) is 4.14. The number of aldehydes is 1. The molecule has 2 nitrogen and oxygen atoms in total. The molecule has 2 rings (SSSR count). The van der Waals surface area contributed by atoms with Gasteiger partial charge in [0.1, 0.15) is 6.29 Å². The van der Waals surface area contributed by atoms with Crippen molar-refractivity contribution in [3.05, 3.63) is 11.3 Å². The summed E-state index contributed by atoms with van der Waals surface area (Å²) in [5.74, 6) is 0.207. The quantitative estimate of drug-likeness (QED) is 0.604. The summed E-state index contributed by atoms with van der Waals surface area (Å²) >= 11 is 0. The fraction of sp³-hybridized carbons (Fsp3) is 0.727. The number of hydrogen-bond acceptors (Lipinski definition) is 2. The van der Waals surface area contributed by atoms with Crippen LogP contribution >= 0.6 is 0 Å². The molecule has 72 valence electrons. The van der Waals surface area contributed by atoms with Crippen LogP contribution in [0.2, 0.25) is 0 Å². The molecule has 0 bridgehead atoms. The fourth-order valence-corrected chi connectivity index (χ4v) is 2.55. The van der Waals surface area contributed by atoms with E-state index in [2.05, 4.69) is 11.8 Å². The largest absolute Gasteiger partial charge is 0.374 e. The molecule has 2 aliphatic rings. The average molecular weight is 179 g/mol. The third-order valence-corrected chi connectivity index (χ3v) is 3.23. The van der Waals surface area contributed by atoms with Crippen molar-refractivity contribution in [3.8, 4) is 0 Å². The van der Waals surface area contributed by atoms with Crippen molar-refractivity contribution < 1.29 is 4.79 Å². The number of nitrogens with zero attached hydrogens (tertiary/aromatic N) is 1. The summed E-state index contributed by atoms with van der Waals surface area (Å²) in [4.78, 5) is 13.3. The molecule has 1 heterocycles. The van der Waals surface area contributed by atoms with Crippen molar-refractivity contribution in [2.24, 2.45) is 5.92 Å². The molecule has 0 N–H and O–H groups in total. The van der Waals surface area contributed by atoms with Gasteiger partial charge in [0, 0.05) is 18.8 Å². The third-order valence-electron chi connectivity index (χ3n) is 3.23. The Kier molecular flexibility index (Phi) is 2.38. The molecule has 1 fully saturated rings. The van der Waals surface area contributed by atoms with Gasteiger partial charge in [0.2, 0.25) is 0 Å². The van der Waals surface area contributed by atoms with Crippen LogP contribution in [0.15, 0.2) is 11.3 Å². The van der Waals surface area contributed by atoms with E-state index >= 15 is 0 Å². The molecule has 0 unspecified atom stereocenters. The van der Waals surface area contributed by atoms with Crippen molar-refractivity contribution in [2.75, 3.05) is 13.1 Å². The first kappa shape index (κ1) is 8.79. The van der Waals surface area contributed by atoms with E-state index in [1.165, 1.54) is 24.1 Å². The predicted molar refractivity (Wildman–Crippen MR) is 52.3 cm³/mol. The third kappa shape index (κ3) is 1.50. The molecule has 1 atom stereocenters. The molecule has 13 heavy (non-hydrogen) atoms. The molecular formula is C11H17NO. The number of allylic oxidation sites excluding steroid dienone is 2. The first-order valence-corrected chi connectivity index (χ1v) is 5.23. The summed E-state index contributed by atoms with van der Waals surface area (Å²) in [6.45, 7) is 4.51. The minimum Gasteiger partial charge on any atom is -0.374 e. The van der Waals surface area contributed by atoms with E-state index < -0.39 is 0 Å². The Hall–Kier alpha value is -0.790. The zero-order valence-corrected chi connectivity index (χ0v) is 8.25. The minimum absolute atomic E-state index is 0.207. The molecule has 2 heteroatoms. The van der Waals surface area contributed by atoms with Crippen molar-refractivity contribution in [2.45, 2.75) is 32.6 Å². The summed E-state index contributed by atoms with van der Waals surface area (Å²) in [6.07, 6.45) is 5.88. The van der Waals surface area contributed by atoms with Gasteiger partial charge in [-0.05, 0) is 32.6 Å². The Morgan fingerprint density at radius 1 is 1.38 bits per heavy atom. The molecule has 0 spiro atoms. The van der Waals surface area contributed by atoms with Gasteiger partial charge in [-0.2, -0.15) is 0 Å². The van der Waals surface area contributed by atoms with E-state index in [0.29, 0.717) is 0 Å². The summed E-state index contributed by atoms with van der Waals surface area (Å²) in [5.41, 5.74) is 2.80. The molecular weight excluding hydrogens is 162 g/mol. The highest BCUT2D eigenvalue weighted by Crippen LogP contribution is 2.34. The van der Waals surface area contributed by atoms with Crippen molar-refractivity contribution in [3.63, 3.8) is 0 Å². The van der Waals surface area contributed by atoms with Crippen LogP contribution in [-0.4, -0.2) is 24.3 Å². The van der Waals surface area contributed by atoms with Gasteiger partial charge in [0.05, 0.1) is 5.92 Å². The van der Waals surface area contributed by atoms with Gasteiger partial charge in [0.15, 0.2) is 0 Å². The van der Waals surface area contributed by atoms with E-state index in [0.717, 1.165) is 32.2 Å². The van der Waals surface area contributed by atoms with E-state index in [-0.39, 0.29) is 5.92 Å². The molecule has 0 radical (unpaired) electrons. The highest BCUT2D eigenvalue weighted by molar-refractivity contribution is 5.60. The molecule has 1 aliphatic carbocycles. The number of carbonyl (C=O) groups excluding carboxylic acids is 1. The monoisotopic (exact) mass is 179 g/mol. The van der Waals surface area contributed by atoms with Crippen molar-refractivity contribution >= 4 is 6.29 Å². The summed E-state index contributed by atoms with van der Waals surface area (Å²) in [6, 6.07) is 0. The second-order valence-electron chi connectivity index (χ2n) is 4.14. The molecule has 1 aliphatic heterocycles. The zero-order chi connectivity index (χ0) is 9.26. The zero-order valence-electron chi connectivity index (χ0n) is 8.25. The van der Waals surface area contributed by atoms with Gasteiger partial charge >= 0.3 is 0 Å². The number of likely N-dealkylation sites (tertiary alicyclic amines) is 1. The van der Waals surface area contributed by atoms with Crippen LogP contribution in [0.3, 0.4) is 0 Å². The predicted octanol–water partition coefficient (Wildman–Crippen LogP) is 1.97. The first-order valence-electron chi connectivity index (χ1n) is 5.23. The highest BCUT2D eigenvalue weighted by atomic mass is 16.1. The van der Waals surface area contributed by atoms with Crippen LogP contribution in [0.25, 0.3) is 0 Å². The highest BCUT2D eigenvalue weighted by Gasteiger charge is 2.28. The van der Waals surface area contributed by atoms with Gasteiger partial charge in [-0.25, -0.2) is 0 Å². The molecule has 0 aromatic rings. The van der Waals surface area contributed by atoms with Crippen LogP contribution in [0.4, 0.5) is 0 Å². The number of hydrogen-bond donors (Lipinski definition) is 0. The van der Waals surface area contributed by atoms with E-state index in [9.17, 15) is 4.79 Å². The summed E-state index contributed by atoms with van der Waals surface area (Å²) in [5, 5.41) is 0.